The van der Waals surface area contributed by atoms with E-state index in [1.165, 1.54) is 23.4 Å². The fourth-order valence-electron chi connectivity index (χ4n) is 3.75. The molecule has 2 aromatic heterocycles. The number of benzene rings is 1. The van der Waals surface area contributed by atoms with Crippen molar-refractivity contribution in [2.24, 2.45) is 0 Å². The summed E-state index contributed by atoms with van der Waals surface area (Å²) in [6, 6.07) is 6.17. The zero-order chi connectivity index (χ0) is 26.1. The van der Waals surface area contributed by atoms with Gasteiger partial charge in [0.25, 0.3) is 5.91 Å². The summed E-state index contributed by atoms with van der Waals surface area (Å²) in [5.41, 5.74) is 0.308. The van der Waals surface area contributed by atoms with Crippen molar-refractivity contribution in [3.05, 3.63) is 59.5 Å². The number of anilines is 1. The second-order valence-electron chi connectivity index (χ2n) is 7.83. The van der Waals surface area contributed by atoms with Gasteiger partial charge in [-0.2, -0.15) is 18.4 Å². The summed E-state index contributed by atoms with van der Waals surface area (Å²) < 4.78 is 66.0. The third-order valence-corrected chi connectivity index (χ3v) is 8.13. The molecule has 0 aliphatic carbocycles. The number of hydrogen-bond acceptors (Lipinski definition) is 8. The first-order valence-electron chi connectivity index (χ1n) is 10.4. The summed E-state index contributed by atoms with van der Waals surface area (Å²) in [4.78, 5) is 25.3. The number of nitrogens with zero attached hydrogens (tertiary/aromatic N) is 6. The van der Waals surface area contributed by atoms with E-state index >= 15 is 0 Å². The highest BCUT2D eigenvalue weighted by Crippen LogP contribution is 2.32. The molecule has 1 aliphatic heterocycles. The zero-order valence-corrected chi connectivity index (χ0v) is 19.8. The first-order chi connectivity index (χ1) is 17.0. The van der Waals surface area contributed by atoms with Crippen molar-refractivity contribution in [1.29, 1.82) is 5.26 Å². The van der Waals surface area contributed by atoms with Gasteiger partial charge in [-0.25, -0.2) is 23.4 Å². The molecule has 0 bridgehead atoms. The number of halogens is 4. The van der Waals surface area contributed by atoms with Gasteiger partial charge in [0.1, 0.15) is 24.0 Å². The molecule has 1 fully saturated rings. The molecular formula is C21H17ClF3N7O3S. The summed E-state index contributed by atoms with van der Waals surface area (Å²) in [7, 11) is -3.93. The smallest absolute Gasteiger partial charge is 0.354 e. The average Bonchev–Trinajstić information content (AvgIpc) is 3.54. The van der Waals surface area contributed by atoms with Crippen molar-refractivity contribution < 1.29 is 26.4 Å². The molecule has 0 unspecified atom stereocenters. The van der Waals surface area contributed by atoms with E-state index in [1.54, 1.807) is 34.4 Å². The number of alkyl halides is 3. The molecule has 3 heterocycles. The van der Waals surface area contributed by atoms with Gasteiger partial charge in [-0.1, -0.05) is 11.6 Å². The Morgan fingerprint density at radius 2 is 2.11 bits per heavy atom. The lowest BCUT2D eigenvalue weighted by Crippen LogP contribution is -2.35. The number of aromatic nitrogens is 4. The van der Waals surface area contributed by atoms with Gasteiger partial charge in [-0.05, 0) is 24.6 Å². The minimum Gasteiger partial charge on any atom is -0.354 e. The van der Waals surface area contributed by atoms with Crippen LogP contribution in [0.3, 0.4) is 0 Å². The molecule has 0 radical (unpaired) electrons. The van der Waals surface area contributed by atoms with Crippen molar-refractivity contribution in [2.75, 3.05) is 24.5 Å². The molecule has 1 N–H and O–H groups in total. The summed E-state index contributed by atoms with van der Waals surface area (Å²) in [5, 5.41) is 9.94. The first kappa shape index (κ1) is 25.4. The summed E-state index contributed by atoms with van der Waals surface area (Å²) in [5.74, 6) is -1.54. The first-order valence-corrected chi connectivity index (χ1v) is 12.3. The van der Waals surface area contributed by atoms with Crippen molar-refractivity contribution in [3.8, 4) is 11.8 Å². The quantitative estimate of drug-likeness (QED) is 0.505. The highest BCUT2D eigenvalue weighted by molar-refractivity contribution is 7.92. The van der Waals surface area contributed by atoms with E-state index in [4.69, 9.17) is 16.9 Å². The van der Waals surface area contributed by atoms with Crippen LogP contribution in [0.15, 0.2) is 48.0 Å². The number of amides is 1. The third-order valence-electron chi connectivity index (χ3n) is 5.47. The lowest BCUT2D eigenvalue weighted by Gasteiger charge is -2.21. The van der Waals surface area contributed by atoms with Gasteiger partial charge in [0.05, 0.1) is 21.5 Å². The normalized spacial score (nSPS) is 16.1. The van der Waals surface area contributed by atoms with Crippen LogP contribution < -0.4 is 10.2 Å². The molecular weight excluding hydrogens is 523 g/mol. The second kappa shape index (κ2) is 9.75. The van der Waals surface area contributed by atoms with Crippen molar-refractivity contribution in [2.45, 2.75) is 22.7 Å². The maximum absolute atomic E-state index is 13.4. The van der Waals surface area contributed by atoms with Crippen molar-refractivity contribution in [3.63, 3.8) is 0 Å². The molecule has 4 rings (SSSR count). The van der Waals surface area contributed by atoms with E-state index < -0.39 is 33.7 Å². The van der Waals surface area contributed by atoms with Crippen LogP contribution in [0.2, 0.25) is 5.02 Å². The molecule has 3 aromatic rings. The monoisotopic (exact) mass is 539 g/mol. The van der Waals surface area contributed by atoms with Gasteiger partial charge in [-0.15, -0.1) is 0 Å². The number of rotatable bonds is 6. The predicted octanol–water partition coefficient (Wildman–Crippen LogP) is 2.53. The van der Waals surface area contributed by atoms with Crippen LogP contribution in [0.25, 0.3) is 5.69 Å². The minimum atomic E-state index is -4.64. The molecule has 0 spiro atoms. The largest absolute Gasteiger partial charge is 0.405 e. The Bertz CT molecular complexity index is 1440. The number of imidazole rings is 1. The van der Waals surface area contributed by atoms with Gasteiger partial charge in [0.15, 0.2) is 9.84 Å². The molecule has 15 heteroatoms. The van der Waals surface area contributed by atoms with Gasteiger partial charge in [0.2, 0.25) is 5.82 Å². The Morgan fingerprint density at radius 1 is 1.33 bits per heavy atom. The summed E-state index contributed by atoms with van der Waals surface area (Å²) in [6.07, 6.45) is 1.22. The van der Waals surface area contributed by atoms with E-state index in [1.807, 2.05) is 0 Å². The van der Waals surface area contributed by atoms with E-state index in [9.17, 15) is 26.4 Å². The standard InChI is InChI=1S/C21H17ClF3N7O3S/c22-16-7-13(32-6-4-27-12-32)1-2-17(16)36(34,35)14-3-5-31(10-14)19-15(9-28-18(8-26)30-19)20(33)29-11-21(23,24)25/h1-2,4,6-7,9,12,14H,3,5,10-11H2,(H,29,33)/t14-/m0/s1. The number of hydrogen-bond donors (Lipinski definition) is 1. The second-order valence-corrected chi connectivity index (χ2v) is 10.4. The SMILES string of the molecule is N#Cc1ncc(C(=O)NCC(F)(F)F)c(N2CC[C@H](S(=O)(=O)c3ccc(-n4ccnc4)cc3Cl)C2)n1. The molecule has 10 nitrogen and oxygen atoms in total. The maximum Gasteiger partial charge on any atom is 0.405 e. The van der Waals surface area contributed by atoms with Crippen LogP contribution in [-0.4, -0.2) is 64.9 Å². The van der Waals surface area contributed by atoms with E-state index in [-0.39, 0.29) is 46.6 Å². The molecule has 36 heavy (non-hydrogen) atoms. The fraction of sp³-hybridized carbons (Fsp3) is 0.286. The highest BCUT2D eigenvalue weighted by atomic mass is 35.5. The average molecular weight is 540 g/mol. The van der Waals surface area contributed by atoms with Crippen LogP contribution in [0.1, 0.15) is 22.6 Å². The van der Waals surface area contributed by atoms with E-state index in [0.29, 0.717) is 5.69 Å². The Morgan fingerprint density at radius 3 is 2.75 bits per heavy atom. The molecule has 1 saturated heterocycles. The molecule has 1 amide bonds. The van der Waals surface area contributed by atoms with Crippen LogP contribution in [-0.2, 0) is 9.84 Å². The molecule has 1 atom stereocenters. The number of sulfone groups is 1. The van der Waals surface area contributed by atoms with Crippen LogP contribution >= 0.6 is 11.6 Å². The maximum atomic E-state index is 13.4. The lowest BCUT2D eigenvalue weighted by atomic mass is 10.2. The topological polar surface area (TPSA) is 134 Å². The number of nitriles is 1. The van der Waals surface area contributed by atoms with Crippen molar-refractivity contribution in [1.82, 2.24) is 24.8 Å². The van der Waals surface area contributed by atoms with Crippen LogP contribution in [0, 0.1) is 11.3 Å². The summed E-state index contributed by atoms with van der Waals surface area (Å²) in [6.45, 7) is -1.57. The van der Waals surface area contributed by atoms with Crippen LogP contribution in [0.4, 0.5) is 19.0 Å². The Balaban J connectivity index is 1.59. The Labute approximate surface area is 208 Å². The molecule has 188 valence electrons. The number of carbonyl (C=O) groups excluding carboxylic acids is 1. The van der Waals surface area contributed by atoms with Gasteiger partial charge in [-0.3, -0.25) is 4.79 Å². The van der Waals surface area contributed by atoms with Crippen molar-refractivity contribution >= 4 is 33.2 Å². The van der Waals surface area contributed by atoms with Gasteiger partial charge >= 0.3 is 6.18 Å². The fourth-order valence-corrected chi connectivity index (χ4v) is 5.99. The Kier molecular flexibility index (Phi) is 6.87. The van der Waals surface area contributed by atoms with Crippen LogP contribution in [0.5, 0.6) is 0 Å². The summed E-state index contributed by atoms with van der Waals surface area (Å²) >= 11 is 6.31. The zero-order valence-electron chi connectivity index (χ0n) is 18.3. The number of carbonyl (C=O) groups is 1. The highest BCUT2D eigenvalue weighted by Gasteiger charge is 2.38. The van der Waals surface area contributed by atoms with Gasteiger partial charge in [0, 0.05) is 37.4 Å². The number of nitrogens with one attached hydrogen (secondary N) is 1. The van der Waals surface area contributed by atoms with Gasteiger partial charge < -0.3 is 14.8 Å². The lowest BCUT2D eigenvalue weighted by molar-refractivity contribution is -0.123. The minimum absolute atomic E-state index is 0.0145. The molecule has 0 saturated carbocycles. The Hall–Kier alpha value is -3.70. The third kappa shape index (κ3) is 5.26. The van der Waals surface area contributed by atoms with E-state index in [2.05, 4.69) is 15.0 Å². The van der Waals surface area contributed by atoms with E-state index in [0.717, 1.165) is 6.20 Å². The molecule has 1 aliphatic rings. The predicted molar refractivity (Wildman–Crippen MR) is 122 cm³/mol. The molecule has 1 aromatic carbocycles.